The number of benzene rings is 1. The summed E-state index contributed by atoms with van der Waals surface area (Å²) in [5, 5.41) is 3.92. The van der Waals surface area contributed by atoms with E-state index in [1.54, 1.807) is 0 Å². The quantitative estimate of drug-likeness (QED) is 0.848. The summed E-state index contributed by atoms with van der Waals surface area (Å²) < 4.78 is 0. The van der Waals surface area contributed by atoms with Gasteiger partial charge in [0.05, 0.1) is 0 Å². The van der Waals surface area contributed by atoms with E-state index >= 15 is 0 Å². The van der Waals surface area contributed by atoms with E-state index in [0.29, 0.717) is 18.0 Å². The van der Waals surface area contributed by atoms with Crippen LogP contribution in [0.25, 0.3) is 0 Å². The second kappa shape index (κ2) is 7.95. The maximum atomic E-state index is 3.92. The molecule has 2 rings (SSSR count). The minimum absolute atomic E-state index is 0.463. The largest absolute Gasteiger partial charge is 0.307 e. The van der Waals surface area contributed by atoms with Crippen molar-refractivity contribution in [2.45, 2.75) is 52.6 Å². The lowest BCUT2D eigenvalue weighted by Crippen LogP contribution is -2.43. The Kier molecular flexibility index (Phi) is 6.25. The number of rotatable bonds is 6. The van der Waals surface area contributed by atoms with Crippen LogP contribution in [0.15, 0.2) is 30.3 Å². The van der Waals surface area contributed by atoms with E-state index in [2.05, 4.69) is 68.2 Å². The summed E-state index contributed by atoms with van der Waals surface area (Å²) >= 11 is 0. The highest BCUT2D eigenvalue weighted by molar-refractivity contribution is 5.19. The average Bonchev–Trinajstić information content (AvgIpc) is 2.53. The maximum absolute atomic E-state index is 3.92. The van der Waals surface area contributed by atoms with Crippen LogP contribution in [0.2, 0.25) is 0 Å². The van der Waals surface area contributed by atoms with E-state index in [9.17, 15) is 0 Å². The van der Waals surface area contributed by atoms with Gasteiger partial charge in [0.2, 0.25) is 0 Å². The molecular weight excluding hydrogens is 256 g/mol. The Bertz CT molecular complexity index is 393. The Labute approximate surface area is 130 Å². The van der Waals surface area contributed by atoms with E-state index < -0.39 is 0 Å². The summed E-state index contributed by atoms with van der Waals surface area (Å²) in [4.78, 5) is 2.57. The van der Waals surface area contributed by atoms with Crippen molar-refractivity contribution < 1.29 is 0 Å². The van der Waals surface area contributed by atoms with Crippen molar-refractivity contribution in [3.05, 3.63) is 35.9 Å². The van der Waals surface area contributed by atoms with Crippen LogP contribution in [0, 0.1) is 11.8 Å². The highest BCUT2D eigenvalue weighted by atomic mass is 15.1. The van der Waals surface area contributed by atoms with Crippen LogP contribution >= 0.6 is 0 Å². The second-order valence-electron chi connectivity index (χ2n) is 6.86. The first-order valence-electron chi connectivity index (χ1n) is 8.65. The molecule has 0 bridgehead atoms. The molecule has 118 valence electrons. The number of nitrogens with one attached hydrogen (secondary N) is 1. The smallest absolute Gasteiger partial charge is 0.0345 e. The Morgan fingerprint density at radius 3 is 2.24 bits per heavy atom. The van der Waals surface area contributed by atoms with Gasteiger partial charge in [0.1, 0.15) is 0 Å². The molecule has 0 aromatic heterocycles. The minimum Gasteiger partial charge on any atom is -0.307 e. The van der Waals surface area contributed by atoms with Gasteiger partial charge >= 0.3 is 0 Å². The topological polar surface area (TPSA) is 15.3 Å². The fourth-order valence-corrected chi connectivity index (χ4v) is 3.52. The van der Waals surface area contributed by atoms with E-state index in [1.807, 2.05) is 0 Å². The van der Waals surface area contributed by atoms with E-state index in [1.165, 1.54) is 38.0 Å². The summed E-state index contributed by atoms with van der Waals surface area (Å²) in [6.07, 6.45) is 2.67. The molecule has 1 aromatic carbocycles. The van der Waals surface area contributed by atoms with Gasteiger partial charge in [-0.3, -0.25) is 0 Å². The molecule has 1 aliphatic heterocycles. The first kappa shape index (κ1) is 16.5. The van der Waals surface area contributed by atoms with Gasteiger partial charge in [-0.25, -0.2) is 0 Å². The van der Waals surface area contributed by atoms with Crippen molar-refractivity contribution in [2.75, 3.05) is 19.6 Å². The minimum atomic E-state index is 0.463. The second-order valence-corrected chi connectivity index (χ2v) is 6.86. The molecular formula is C19H32N2. The lowest BCUT2D eigenvalue weighted by molar-refractivity contribution is 0.160. The van der Waals surface area contributed by atoms with Gasteiger partial charge in [-0.05, 0) is 56.8 Å². The van der Waals surface area contributed by atoms with Gasteiger partial charge < -0.3 is 10.2 Å². The molecule has 1 saturated heterocycles. The van der Waals surface area contributed by atoms with Crippen LogP contribution in [-0.2, 0) is 0 Å². The maximum Gasteiger partial charge on any atom is 0.0345 e. The van der Waals surface area contributed by atoms with Gasteiger partial charge in [0.25, 0.3) is 0 Å². The van der Waals surface area contributed by atoms with Crippen LogP contribution in [0.1, 0.15) is 52.1 Å². The zero-order valence-corrected chi connectivity index (χ0v) is 14.2. The Hall–Kier alpha value is -0.860. The van der Waals surface area contributed by atoms with E-state index in [-0.39, 0.29) is 0 Å². The zero-order chi connectivity index (χ0) is 15.2. The zero-order valence-electron chi connectivity index (χ0n) is 14.2. The normalized spacial score (nSPS) is 20.6. The van der Waals surface area contributed by atoms with Gasteiger partial charge in [-0.15, -0.1) is 0 Å². The third-order valence-electron chi connectivity index (χ3n) is 5.05. The van der Waals surface area contributed by atoms with E-state index in [4.69, 9.17) is 0 Å². The monoisotopic (exact) mass is 288 g/mol. The van der Waals surface area contributed by atoms with Gasteiger partial charge in [0.15, 0.2) is 0 Å². The Morgan fingerprint density at radius 1 is 1.10 bits per heavy atom. The van der Waals surface area contributed by atoms with Crippen molar-refractivity contribution in [3.63, 3.8) is 0 Å². The number of hydrogen-bond acceptors (Lipinski definition) is 2. The summed E-state index contributed by atoms with van der Waals surface area (Å²) in [5.74, 6) is 1.43. The van der Waals surface area contributed by atoms with Crippen molar-refractivity contribution >= 4 is 0 Å². The fraction of sp³-hybridized carbons (Fsp3) is 0.684. The molecule has 2 unspecified atom stereocenters. The average molecular weight is 288 g/mol. The molecule has 2 nitrogen and oxygen atoms in total. The Balaban J connectivity index is 1.95. The van der Waals surface area contributed by atoms with Gasteiger partial charge in [-0.2, -0.15) is 0 Å². The van der Waals surface area contributed by atoms with Crippen molar-refractivity contribution in [1.82, 2.24) is 10.2 Å². The summed E-state index contributed by atoms with van der Waals surface area (Å²) in [6.45, 7) is 13.0. The number of likely N-dealkylation sites (tertiary alicyclic amines) is 1. The lowest BCUT2D eigenvalue weighted by Gasteiger charge is -2.37. The molecule has 0 amide bonds. The molecule has 1 heterocycles. The molecule has 2 atom stereocenters. The van der Waals surface area contributed by atoms with Crippen molar-refractivity contribution in [1.29, 1.82) is 0 Å². The molecule has 1 aromatic rings. The highest BCUT2D eigenvalue weighted by Gasteiger charge is 2.26. The SMILES string of the molecule is CCN1CCC(C(C)NC(c2ccccc2)C(C)C)CC1. The molecule has 0 aliphatic carbocycles. The van der Waals surface area contributed by atoms with Crippen LogP contribution < -0.4 is 5.32 Å². The standard InChI is InChI=1S/C19H32N2/c1-5-21-13-11-17(12-14-21)16(4)20-19(15(2)3)18-9-7-6-8-10-18/h6-10,15-17,19-20H,5,11-14H2,1-4H3. The predicted molar refractivity (Wildman–Crippen MR) is 91.5 cm³/mol. The first-order chi connectivity index (χ1) is 10.1. The van der Waals surface area contributed by atoms with Crippen molar-refractivity contribution in [2.24, 2.45) is 11.8 Å². The molecule has 21 heavy (non-hydrogen) atoms. The van der Waals surface area contributed by atoms with Crippen LogP contribution in [-0.4, -0.2) is 30.6 Å². The molecule has 0 saturated carbocycles. The summed E-state index contributed by atoms with van der Waals surface area (Å²) in [7, 11) is 0. The lowest BCUT2D eigenvalue weighted by atomic mass is 9.88. The van der Waals surface area contributed by atoms with Crippen LogP contribution in [0.4, 0.5) is 0 Å². The first-order valence-corrected chi connectivity index (χ1v) is 8.65. The summed E-state index contributed by atoms with van der Waals surface area (Å²) in [5.41, 5.74) is 1.42. The number of piperidine rings is 1. The molecule has 1 aliphatic rings. The molecule has 1 N–H and O–H groups in total. The van der Waals surface area contributed by atoms with Crippen LogP contribution in [0.5, 0.6) is 0 Å². The third-order valence-corrected chi connectivity index (χ3v) is 5.05. The number of nitrogens with zero attached hydrogens (tertiary/aromatic N) is 1. The highest BCUT2D eigenvalue weighted by Crippen LogP contribution is 2.26. The fourth-order valence-electron chi connectivity index (χ4n) is 3.52. The third kappa shape index (κ3) is 4.55. The van der Waals surface area contributed by atoms with Gasteiger partial charge in [0, 0.05) is 12.1 Å². The number of hydrogen-bond donors (Lipinski definition) is 1. The molecule has 0 radical (unpaired) electrons. The predicted octanol–water partition coefficient (Wildman–Crippen LogP) is 4.09. The molecule has 0 spiro atoms. The molecule has 2 heteroatoms. The van der Waals surface area contributed by atoms with Crippen LogP contribution in [0.3, 0.4) is 0 Å². The van der Waals surface area contributed by atoms with Gasteiger partial charge in [-0.1, -0.05) is 51.1 Å². The van der Waals surface area contributed by atoms with E-state index in [0.717, 1.165) is 5.92 Å². The summed E-state index contributed by atoms with van der Waals surface area (Å²) in [6, 6.07) is 12.0. The Morgan fingerprint density at radius 2 is 1.71 bits per heavy atom. The van der Waals surface area contributed by atoms with Crippen molar-refractivity contribution in [3.8, 4) is 0 Å². The molecule has 1 fully saturated rings.